The predicted molar refractivity (Wildman–Crippen MR) is 280 cm³/mol. The quantitative estimate of drug-likeness (QED) is 0.0968. The normalized spacial score (nSPS) is 17.4. The molecule has 1 aliphatic heterocycles. The molecule has 0 unspecified atom stereocenters. The van der Waals surface area contributed by atoms with Crippen molar-refractivity contribution in [3.63, 3.8) is 0 Å². The van der Waals surface area contributed by atoms with Crippen LogP contribution in [0.1, 0.15) is 45.5 Å². The molecule has 0 radical (unpaired) electrons. The molecule has 10 rings (SSSR count). The van der Waals surface area contributed by atoms with Crippen LogP contribution in [-0.2, 0) is 9.31 Å². The Kier molecular flexibility index (Phi) is 7.97. The van der Waals surface area contributed by atoms with Crippen LogP contribution in [0.5, 0.6) is 0 Å². The average molecular weight is 886 g/mol. The second-order valence-corrected chi connectivity index (χ2v) is 24.7. The van der Waals surface area contributed by atoms with E-state index in [1.807, 2.05) is 173 Å². The molecule has 316 valence electrons. The van der Waals surface area contributed by atoms with Crippen LogP contribution >= 0.6 is 0 Å². The van der Waals surface area contributed by atoms with Crippen molar-refractivity contribution in [3.05, 3.63) is 248 Å². The Morgan fingerprint density at radius 3 is 1.02 bits per heavy atom. The van der Waals surface area contributed by atoms with Crippen LogP contribution in [-0.4, -0.2) is 34.5 Å². The van der Waals surface area contributed by atoms with E-state index < -0.39 is 70.7 Å². The third kappa shape index (κ3) is 7.58. The van der Waals surface area contributed by atoms with Gasteiger partial charge in [-0.2, -0.15) is 0 Å². The second-order valence-electron chi connectivity index (χ2n) is 17.3. The van der Waals surface area contributed by atoms with E-state index in [1.165, 1.54) is 0 Å². The monoisotopic (exact) mass is 885 g/mol. The van der Waals surface area contributed by atoms with Crippen molar-refractivity contribution in [2.24, 2.45) is 0 Å². The van der Waals surface area contributed by atoms with Crippen LogP contribution in [0, 0.1) is 0 Å². The number of benzene rings is 9. The molecule has 0 amide bonds. The van der Waals surface area contributed by atoms with Gasteiger partial charge in [-0.15, -0.1) is 0 Å². The maximum atomic E-state index is 11.4. The number of hydrogen-bond acceptors (Lipinski definition) is 2. The lowest BCUT2D eigenvalue weighted by Gasteiger charge is -2.39. The van der Waals surface area contributed by atoms with Crippen LogP contribution in [0.25, 0.3) is 22.3 Å². The van der Waals surface area contributed by atoms with Crippen molar-refractivity contribution >= 4 is 70.2 Å². The second kappa shape index (κ2) is 17.4. The van der Waals surface area contributed by atoms with Crippen molar-refractivity contribution in [2.75, 3.05) is 0 Å². The Balaban J connectivity index is 1.45. The number of hydrogen-bond donors (Lipinski definition) is 0. The minimum atomic E-state index is -4.22. The smallest absolute Gasteiger partial charge is 0.399 e. The minimum Gasteiger partial charge on any atom is -0.399 e. The molecule has 5 heteroatoms. The predicted octanol–water partition coefficient (Wildman–Crippen LogP) is 8.07. The first-order valence-corrected chi connectivity index (χ1v) is 25.7. The SMILES string of the molecule is [2H]c1c([2H])c([2H])c(-c2cccc([Si](c3ccccc3)(c3ccccc3)c3c([2H])c(B4OC(C)(C)C(C)(C)O4)c([2H])c([Si](c4ccccc4)(c4ccccc4)c4cccc(-c5c([2H])c([2H])c([2H])c([2H])c5[2H])c4)c3[2H])c2)c([2H])c1[2H]. The maximum absolute atomic E-state index is 11.4. The van der Waals surface area contributed by atoms with Gasteiger partial charge in [0.05, 0.1) is 29.0 Å². The fourth-order valence-corrected chi connectivity index (χ4v) is 18.5. The molecular formula is C60H53BO2Si2. The summed E-state index contributed by atoms with van der Waals surface area (Å²) in [6, 6.07) is 48.0. The van der Waals surface area contributed by atoms with Gasteiger partial charge in [-0.3, -0.25) is 0 Å². The molecule has 0 aromatic heterocycles. The minimum absolute atomic E-state index is 0.0113. The summed E-state index contributed by atoms with van der Waals surface area (Å²) in [6.45, 7) is 7.59. The summed E-state index contributed by atoms with van der Waals surface area (Å²) in [5.74, 6) is 0. The fourth-order valence-electron chi connectivity index (χ4n) is 9.17. The molecule has 0 atom stereocenters. The summed E-state index contributed by atoms with van der Waals surface area (Å²) in [7, 11) is -9.75. The van der Waals surface area contributed by atoms with E-state index in [2.05, 4.69) is 0 Å². The van der Waals surface area contributed by atoms with Gasteiger partial charge in [-0.05, 0) is 96.9 Å². The molecular weight excluding hydrogens is 820 g/mol. The summed E-state index contributed by atoms with van der Waals surface area (Å²) in [6.07, 6.45) is 0. The van der Waals surface area contributed by atoms with Crippen LogP contribution in [0.2, 0.25) is 0 Å². The molecule has 9 aromatic rings. The largest absolute Gasteiger partial charge is 0.494 e. The molecule has 0 aliphatic carbocycles. The van der Waals surface area contributed by atoms with Gasteiger partial charge in [0.15, 0.2) is 16.1 Å². The summed E-state index contributed by atoms with van der Waals surface area (Å²) in [5.41, 5.74) is -1.17. The van der Waals surface area contributed by atoms with Gasteiger partial charge in [0.2, 0.25) is 0 Å². The van der Waals surface area contributed by atoms with Crippen molar-refractivity contribution in [1.29, 1.82) is 0 Å². The fraction of sp³-hybridized carbons (Fsp3) is 0.100. The molecule has 0 saturated carbocycles. The van der Waals surface area contributed by atoms with Gasteiger partial charge in [0.25, 0.3) is 0 Å². The lowest BCUT2D eigenvalue weighted by atomic mass is 9.79. The summed E-state index contributed by atoms with van der Waals surface area (Å²) in [4.78, 5) is 0. The topological polar surface area (TPSA) is 18.5 Å². The van der Waals surface area contributed by atoms with E-state index in [0.29, 0.717) is 21.5 Å². The first kappa shape index (κ1) is 29.8. The van der Waals surface area contributed by atoms with Crippen LogP contribution < -0.4 is 47.0 Å². The summed E-state index contributed by atoms with van der Waals surface area (Å²) < 4.78 is 135. The molecule has 9 aromatic carbocycles. The molecule has 1 aliphatic rings. The van der Waals surface area contributed by atoms with E-state index >= 15 is 0 Å². The maximum Gasteiger partial charge on any atom is 0.494 e. The standard InChI is InChI=1S/C60H53BO2Si2/c1-59(2)60(3,4)63-61(62-59)50-43-57(64(51-31-15-7-16-32-51,52-33-17-8-18-34-52)55-39-23-29-48(41-55)46-25-11-5-12-26-46)45-58(44-50)65(53-35-19-9-20-36-53,54-37-21-10-22-38-54)56-40-24-30-49(42-56)47-27-13-6-14-28-47/h5-45H,1-4H3/i5D,6D,11D,12D,13D,14D,25D,26D,27D,28D,43D,44D,45D. The van der Waals surface area contributed by atoms with Gasteiger partial charge >= 0.3 is 7.12 Å². The first-order chi connectivity index (χ1) is 37.1. The molecule has 0 bridgehead atoms. The molecule has 65 heavy (non-hydrogen) atoms. The third-order valence-corrected chi connectivity index (χ3v) is 22.2. The Bertz CT molecular complexity index is 3430. The number of rotatable bonds is 11. The molecule has 1 saturated heterocycles. The van der Waals surface area contributed by atoms with Crippen LogP contribution in [0.15, 0.2) is 248 Å². The van der Waals surface area contributed by atoms with Gasteiger partial charge < -0.3 is 9.31 Å². The van der Waals surface area contributed by atoms with Crippen molar-refractivity contribution < 1.29 is 27.1 Å². The van der Waals surface area contributed by atoms with E-state index in [-0.39, 0.29) is 69.3 Å². The zero-order valence-electron chi connectivity index (χ0n) is 49.6. The Labute approximate surface area is 405 Å². The lowest BCUT2D eigenvalue weighted by molar-refractivity contribution is 0.00578. The van der Waals surface area contributed by atoms with E-state index in [9.17, 15) is 4.11 Å². The van der Waals surface area contributed by atoms with Crippen molar-refractivity contribution in [1.82, 2.24) is 0 Å². The highest BCUT2D eigenvalue weighted by molar-refractivity contribution is 7.22. The highest BCUT2D eigenvalue weighted by Crippen LogP contribution is 2.36. The lowest BCUT2D eigenvalue weighted by Crippen LogP contribution is -2.78. The highest BCUT2D eigenvalue weighted by Gasteiger charge is 2.53. The van der Waals surface area contributed by atoms with Crippen molar-refractivity contribution in [3.8, 4) is 22.3 Å². The average Bonchev–Trinajstić information content (AvgIpc) is 2.66. The van der Waals surface area contributed by atoms with Gasteiger partial charge in [-0.1, -0.05) is 248 Å². The molecule has 2 nitrogen and oxygen atoms in total. The Hall–Kier alpha value is -6.60. The zero-order valence-corrected chi connectivity index (χ0v) is 38.6. The third-order valence-electron chi connectivity index (χ3n) is 13.0. The van der Waals surface area contributed by atoms with E-state index in [4.69, 9.17) is 23.0 Å². The summed E-state index contributed by atoms with van der Waals surface area (Å²) in [5, 5.41) is 4.77. The molecule has 1 fully saturated rings. The highest BCUT2D eigenvalue weighted by atomic mass is 28.3. The van der Waals surface area contributed by atoms with Gasteiger partial charge in [0.1, 0.15) is 0 Å². The first-order valence-electron chi connectivity index (χ1n) is 28.2. The van der Waals surface area contributed by atoms with E-state index in [0.717, 1.165) is 20.7 Å². The van der Waals surface area contributed by atoms with E-state index in [1.54, 1.807) is 24.3 Å². The summed E-state index contributed by atoms with van der Waals surface area (Å²) >= 11 is 0. The van der Waals surface area contributed by atoms with Gasteiger partial charge in [0, 0.05) is 0 Å². The van der Waals surface area contributed by atoms with Crippen molar-refractivity contribution in [2.45, 2.75) is 38.9 Å². The molecule has 1 heterocycles. The van der Waals surface area contributed by atoms with Crippen LogP contribution in [0.4, 0.5) is 0 Å². The molecule has 0 spiro atoms. The van der Waals surface area contributed by atoms with Crippen LogP contribution in [0.3, 0.4) is 0 Å². The molecule has 0 N–H and O–H groups in total. The zero-order chi connectivity index (χ0) is 55.8. The Morgan fingerprint density at radius 2 is 0.677 bits per heavy atom. The Morgan fingerprint density at radius 1 is 0.354 bits per heavy atom. The van der Waals surface area contributed by atoms with Gasteiger partial charge in [-0.25, -0.2) is 0 Å².